The molecule has 6 nitrogen and oxygen atoms in total. The largest absolute Gasteiger partial charge is 0.493 e. The van der Waals surface area contributed by atoms with Gasteiger partial charge in [0.1, 0.15) is 5.75 Å². The number of piperazine rings is 1. The summed E-state index contributed by atoms with van der Waals surface area (Å²) in [4.78, 5) is 9.65. The predicted molar refractivity (Wildman–Crippen MR) is 122 cm³/mol. The van der Waals surface area contributed by atoms with Gasteiger partial charge in [0.05, 0.1) is 12.6 Å². The lowest BCUT2D eigenvalue weighted by Crippen LogP contribution is -2.47. The first kappa shape index (κ1) is 22.2. The van der Waals surface area contributed by atoms with Crippen molar-refractivity contribution in [1.82, 2.24) is 15.1 Å². The number of fused-ring (bicyclic) bond motifs is 1. The number of halogens is 1. The van der Waals surface area contributed by atoms with E-state index in [4.69, 9.17) is 10.5 Å². The minimum absolute atomic E-state index is 0. The van der Waals surface area contributed by atoms with Crippen molar-refractivity contribution in [2.75, 3.05) is 52.4 Å². The summed E-state index contributed by atoms with van der Waals surface area (Å²) in [5.74, 6) is 1.99. The van der Waals surface area contributed by atoms with Crippen LogP contribution in [0.25, 0.3) is 0 Å². The zero-order valence-electron chi connectivity index (χ0n) is 16.6. The molecule has 2 heterocycles. The molecule has 3 rings (SSSR count). The number of nitrogens with one attached hydrogen (secondary N) is 1. The molecule has 0 bridgehead atoms. The lowest BCUT2D eigenvalue weighted by Gasteiger charge is -2.35. The summed E-state index contributed by atoms with van der Waals surface area (Å²) >= 11 is 0. The zero-order chi connectivity index (χ0) is 18.4. The summed E-state index contributed by atoms with van der Waals surface area (Å²) in [6.45, 7) is 12.9. The van der Waals surface area contributed by atoms with Crippen LogP contribution < -0.4 is 15.8 Å². The van der Waals surface area contributed by atoms with Crippen molar-refractivity contribution in [3.63, 3.8) is 0 Å². The molecule has 3 N–H and O–H groups in total. The molecule has 0 spiro atoms. The number of guanidine groups is 1. The van der Waals surface area contributed by atoms with Crippen molar-refractivity contribution in [3.05, 3.63) is 29.8 Å². The Morgan fingerprint density at radius 3 is 2.70 bits per heavy atom. The van der Waals surface area contributed by atoms with Gasteiger partial charge in [-0.05, 0) is 18.5 Å². The number of likely N-dealkylation sites (N-methyl/N-ethyl adjacent to an activating group) is 1. The van der Waals surface area contributed by atoms with Gasteiger partial charge < -0.3 is 25.6 Å². The average Bonchev–Trinajstić information content (AvgIpc) is 2.67. The highest BCUT2D eigenvalue weighted by molar-refractivity contribution is 14.0. The molecule has 1 aromatic carbocycles. The molecule has 0 aromatic heterocycles. The molecule has 2 unspecified atom stereocenters. The van der Waals surface area contributed by atoms with Gasteiger partial charge in [-0.15, -0.1) is 24.0 Å². The van der Waals surface area contributed by atoms with E-state index >= 15 is 0 Å². The normalized spacial score (nSPS) is 22.3. The second kappa shape index (κ2) is 11.1. The number of rotatable bonds is 6. The Kier molecular flexibility index (Phi) is 9.11. The lowest BCUT2D eigenvalue weighted by atomic mass is 10.0. The Hall–Kier alpha value is -1.06. The van der Waals surface area contributed by atoms with Crippen LogP contribution in [0.15, 0.2) is 29.3 Å². The fourth-order valence-electron chi connectivity index (χ4n) is 3.76. The summed E-state index contributed by atoms with van der Waals surface area (Å²) in [5, 5.41) is 3.37. The number of ether oxygens (including phenoxy) is 1. The molecular weight excluding hydrogens is 453 g/mol. The second-order valence-corrected chi connectivity index (χ2v) is 7.44. The third-order valence-electron chi connectivity index (χ3n) is 5.34. The minimum atomic E-state index is 0. The number of hydrogen-bond acceptors (Lipinski definition) is 4. The van der Waals surface area contributed by atoms with Crippen molar-refractivity contribution in [1.29, 1.82) is 0 Å². The van der Waals surface area contributed by atoms with Gasteiger partial charge in [-0.3, -0.25) is 4.99 Å². The molecule has 152 valence electrons. The molecule has 2 aliphatic heterocycles. The fraction of sp³-hybridized carbons (Fsp3) is 0.650. The molecule has 1 fully saturated rings. The number of para-hydroxylation sites is 1. The quantitative estimate of drug-likeness (QED) is 0.366. The number of nitrogens with zero attached hydrogens (tertiary/aromatic N) is 3. The van der Waals surface area contributed by atoms with Gasteiger partial charge in [0, 0.05) is 51.3 Å². The number of benzene rings is 1. The second-order valence-electron chi connectivity index (χ2n) is 7.44. The highest BCUT2D eigenvalue weighted by Crippen LogP contribution is 2.31. The maximum atomic E-state index is 6.16. The Morgan fingerprint density at radius 1 is 1.26 bits per heavy atom. The zero-order valence-corrected chi connectivity index (χ0v) is 18.9. The van der Waals surface area contributed by atoms with Gasteiger partial charge in [-0.25, -0.2) is 0 Å². The van der Waals surface area contributed by atoms with E-state index in [0.717, 1.165) is 44.9 Å². The van der Waals surface area contributed by atoms with E-state index in [1.54, 1.807) is 0 Å². The van der Waals surface area contributed by atoms with E-state index in [1.807, 2.05) is 18.2 Å². The Morgan fingerprint density at radius 2 is 1.96 bits per heavy atom. The van der Waals surface area contributed by atoms with Crippen molar-refractivity contribution < 1.29 is 4.74 Å². The third-order valence-corrected chi connectivity index (χ3v) is 5.34. The van der Waals surface area contributed by atoms with Gasteiger partial charge in [0.2, 0.25) is 0 Å². The van der Waals surface area contributed by atoms with Crippen LogP contribution in [0.3, 0.4) is 0 Å². The van der Waals surface area contributed by atoms with Crippen LogP contribution in [0.2, 0.25) is 0 Å². The summed E-state index contributed by atoms with van der Waals surface area (Å²) in [7, 11) is 0. The summed E-state index contributed by atoms with van der Waals surface area (Å²) in [6.07, 6.45) is 0.907. The first-order valence-corrected chi connectivity index (χ1v) is 9.88. The van der Waals surface area contributed by atoms with Gasteiger partial charge in [0.15, 0.2) is 5.96 Å². The molecule has 0 radical (unpaired) electrons. The molecule has 1 aromatic rings. The van der Waals surface area contributed by atoms with Crippen LogP contribution in [0.4, 0.5) is 0 Å². The van der Waals surface area contributed by atoms with Crippen molar-refractivity contribution in [3.8, 4) is 5.75 Å². The van der Waals surface area contributed by atoms with Crippen LogP contribution in [-0.2, 0) is 0 Å². The smallest absolute Gasteiger partial charge is 0.189 e. The monoisotopic (exact) mass is 487 g/mol. The molecular formula is C20H34IN5O. The summed E-state index contributed by atoms with van der Waals surface area (Å²) < 4.78 is 5.70. The summed E-state index contributed by atoms with van der Waals surface area (Å²) in [5.41, 5.74) is 7.32. The molecule has 0 saturated carbocycles. The van der Waals surface area contributed by atoms with E-state index in [2.05, 4.69) is 40.0 Å². The molecule has 0 aliphatic carbocycles. The van der Waals surface area contributed by atoms with Crippen LogP contribution in [0, 0.1) is 5.92 Å². The number of hydrogen-bond donors (Lipinski definition) is 2. The maximum Gasteiger partial charge on any atom is 0.189 e. The maximum absolute atomic E-state index is 6.16. The molecule has 2 atom stereocenters. The van der Waals surface area contributed by atoms with E-state index in [1.165, 1.54) is 18.7 Å². The van der Waals surface area contributed by atoms with Crippen LogP contribution in [0.1, 0.15) is 31.9 Å². The fourth-order valence-corrected chi connectivity index (χ4v) is 3.76. The first-order chi connectivity index (χ1) is 12.7. The van der Waals surface area contributed by atoms with Gasteiger partial charge in [-0.2, -0.15) is 0 Å². The van der Waals surface area contributed by atoms with E-state index in [-0.39, 0.29) is 30.0 Å². The SMILES string of the molecule is CCN1CCN(CC(C)CN=C(N)NC2CCOc3ccccc32)CC1.I. The van der Waals surface area contributed by atoms with E-state index in [9.17, 15) is 0 Å². The van der Waals surface area contributed by atoms with Crippen molar-refractivity contribution in [2.24, 2.45) is 16.6 Å². The Bertz CT molecular complexity index is 604. The lowest BCUT2D eigenvalue weighted by molar-refractivity contribution is 0.125. The topological polar surface area (TPSA) is 66.1 Å². The van der Waals surface area contributed by atoms with Gasteiger partial charge in [0.25, 0.3) is 0 Å². The molecule has 1 saturated heterocycles. The Balaban J connectivity index is 0.00000261. The van der Waals surface area contributed by atoms with Gasteiger partial charge in [-0.1, -0.05) is 32.0 Å². The minimum Gasteiger partial charge on any atom is -0.493 e. The predicted octanol–water partition coefficient (Wildman–Crippen LogP) is 2.31. The van der Waals surface area contributed by atoms with Crippen LogP contribution in [0.5, 0.6) is 5.75 Å². The van der Waals surface area contributed by atoms with Crippen molar-refractivity contribution in [2.45, 2.75) is 26.3 Å². The highest BCUT2D eigenvalue weighted by atomic mass is 127. The Labute approximate surface area is 180 Å². The van der Waals surface area contributed by atoms with Crippen LogP contribution in [-0.4, -0.2) is 68.2 Å². The molecule has 0 amide bonds. The van der Waals surface area contributed by atoms with Crippen LogP contribution >= 0.6 is 24.0 Å². The highest BCUT2D eigenvalue weighted by Gasteiger charge is 2.21. The van der Waals surface area contributed by atoms with E-state index in [0.29, 0.717) is 18.5 Å². The van der Waals surface area contributed by atoms with Crippen molar-refractivity contribution >= 4 is 29.9 Å². The number of nitrogens with two attached hydrogens (primary N) is 1. The summed E-state index contributed by atoms with van der Waals surface area (Å²) in [6, 6.07) is 8.33. The molecule has 7 heteroatoms. The average molecular weight is 487 g/mol. The van der Waals surface area contributed by atoms with E-state index < -0.39 is 0 Å². The standard InChI is InChI=1S/C20H33N5O.HI/c1-3-24-9-11-25(12-10-24)15-16(2)14-22-20(21)23-18-8-13-26-19-7-5-4-6-17(18)19;/h4-7,16,18H,3,8-15H2,1-2H3,(H3,21,22,23);1H. The molecule has 2 aliphatic rings. The van der Waals surface area contributed by atoms with Gasteiger partial charge >= 0.3 is 0 Å². The molecule has 27 heavy (non-hydrogen) atoms. The third kappa shape index (κ3) is 6.50. The first-order valence-electron chi connectivity index (χ1n) is 9.88. The number of aliphatic imine (C=N–C) groups is 1.